The number of aromatic nitrogens is 4. The molecule has 3 aromatic heterocycles. The number of aryl methyl sites for hydroxylation is 2. The van der Waals surface area contributed by atoms with Crippen molar-refractivity contribution in [1.82, 2.24) is 19.9 Å². The summed E-state index contributed by atoms with van der Waals surface area (Å²) in [5, 5.41) is 16.9. The first-order valence-electron chi connectivity index (χ1n) is 7.23. The van der Waals surface area contributed by atoms with E-state index in [1.165, 1.54) is 0 Å². The van der Waals surface area contributed by atoms with Crippen LogP contribution in [0.3, 0.4) is 0 Å². The number of hydrogen-bond donors (Lipinski definition) is 1. The summed E-state index contributed by atoms with van der Waals surface area (Å²) >= 11 is 1.61. The van der Waals surface area contributed by atoms with Crippen molar-refractivity contribution >= 4 is 27.9 Å². The van der Waals surface area contributed by atoms with Gasteiger partial charge in [0.1, 0.15) is 0 Å². The molecule has 0 saturated carbocycles. The standard InChI is InChI=1S/C16H15N5OS/c1-10-13-4-3-12(7-14(13)21(2)19-10)17-8-15-18-16(22-20-15)11-5-6-23-9-11/h3-7,9,17H,8H2,1-2H3. The van der Waals surface area contributed by atoms with Crippen LogP contribution < -0.4 is 5.32 Å². The molecule has 0 fully saturated rings. The van der Waals surface area contributed by atoms with E-state index >= 15 is 0 Å². The zero-order valence-corrected chi connectivity index (χ0v) is 13.6. The first-order valence-corrected chi connectivity index (χ1v) is 8.17. The van der Waals surface area contributed by atoms with Crippen LogP contribution >= 0.6 is 11.3 Å². The Labute approximate surface area is 136 Å². The highest BCUT2D eigenvalue weighted by Crippen LogP contribution is 2.23. The maximum atomic E-state index is 5.28. The normalized spacial score (nSPS) is 11.2. The minimum Gasteiger partial charge on any atom is -0.378 e. The number of thiophene rings is 1. The molecule has 0 unspecified atom stereocenters. The van der Waals surface area contributed by atoms with Gasteiger partial charge in [-0.15, -0.1) is 0 Å². The fourth-order valence-corrected chi connectivity index (χ4v) is 3.19. The zero-order valence-electron chi connectivity index (χ0n) is 12.8. The summed E-state index contributed by atoms with van der Waals surface area (Å²) in [5.74, 6) is 1.19. The van der Waals surface area contributed by atoms with E-state index in [0.29, 0.717) is 18.3 Å². The lowest BCUT2D eigenvalue weighted by atomic mass is 10.2. The monoisotopic (exact) mass is 325 g/mol. The molecule has 4 rings (SSSR count). The van der Waals surface area contributed by atoms with Gasteiger partial charge in [0.05, 0.1) is 23.3 Å². The second kappa shape index (κ2) is 5.51. The van der Waals surface area contributed by atoms with Gasteiger partial charge in [-0.25, -0.2) is 0 Å². The molecule has 0 spiro atoms. The number of anilines is 1. The Bertz CT molecular complexity index is 954. The molecule has 0 saturated heterocycles. The van der Waals surface area contributed by atoms with Crippen LogP contribution in [-0.2, 0) is 13.6 Å². The number of fused-ring (bicyclic) bond motifs is 1. The van der Waals surface area contributed by atoms with Crippen LogP contribution in [0.25, 0.3) is 22.4 Å². The average molecular weight is 325 g/mol. The third-order valence-corrected chi connectivity index (χ3v) is 4.41. The van der Waals surface area contributed by atoms with E-state index in [2.05, 4.69) is 32.7 Å². The predicted octanol–water partition coefficient (Wildman–Crippen LogP) is 3.61. The average Bonchev–Trinajstić information content (AvgIpc) is 3.27. The molecule has 0 radical (unpaired) electrons. The fourth-order valence-electron chi connectivity index (χ4n) is 2.56. The highest BCUT2D eigenvalue weighted by molar-refractivity contribution is 7.08. The quantitative estimate of drug-likeness (QED) is 0.621. The van der Waals surface area contributed by atoms with Gasteiger partial charge >= 0.3 is 0 Å². The highest BCUT2D eigenvalue weighted by Gasteiger charge is 2.10. The summed E-state index contributed by atoms with van der Waals surface area (Å²) in [6.45, 7) is 2.52. The summed E-state index contributed by atoms with van der Waals surface area (Å²) in [7, 11) is 1.95. The lowest BCUT2D eigenvalue weighted by Gasteiger charge is -2.04. The molecule has 116 valence electrons. The second-order valence-corrected chi connectivity index (χ2v) is 6.10. The second-order valence-electron chi connectivity index (χ2n) is 5.32. The molecule has 0 aliphatic carbocycles. The maximum Gasteiger partial charge on any atom is 0.258 e. The lowest BCUT2D eigenvalue weighted by molar-refractivity contribution is 0.423. The van der Waals surface area contributed by atoms with Crippen LogP contribution in [0.5, 0.6) is 0 Å². The Hall–Kier alpha value is -2.67. The minimum atomic E-state index is 0.510. The van der Waals surface area contributed by atoms with Crippen molar-refractivity contribution in [1.29, 1.82) is 0 Å². The van der Waals surface area contributed by atoms with Crippen molar-refractivity contribution in [3.63, 3.8) is 0 Å². The molecule has 0 atom stereocenters. The Balaban J connectivity index is 1.52. The van der Waals surface area contributed by atoms with E-state index in [0.717, 1.165) is 27.8 Å². The molecule has 0 bridgehead atoms. The van der Waals surface area contributed by atoms with Gasteiger partial charge in [-0.3, -0.25) is 4.68 Å². The third-order valence-electron chi connectivity index (χ3n) is 3.72. The molecule has 23 heavy (non-hydrogen) atoms. The van der Waals surface area contributed by atoms with Crippen LogP contribution in [0, 0.1) is 6.92 Å². The molecule has 6 nitrogen and oxygen atoms in total. The summed E-state index contributed by atoms with van der Waals surface area (Å²) in [4.78, 5) is 4.40. The van der Waals surface area contributed by atoms with Crippen LogP contribution in [0.2, 0.25) is 0 Å². The molecule has 0 amide bonds. The molecule has 1 aromatic carbocycles. The van der Waals surface area contributed by atoms with E-state index in [1.54, 1.807) is 11.3 Å². The molecule has 0 aliphatic heterocycles. The van der Waals surface area contributed by atoms with Crippen molar-refractivity contribution in [3.8, 4) is 11.5 Å². The highest BCUT2D eigenvalue weighted by atomic mass is 32.1. The molecule has 0 aliphatic rings. The maximum absolute atomic E-state index is 5.28. The van der Waals surface area contributed by atoms with Crippen LogP contribution in [0.4, 0.5) is 5.69 Å². The summed E-state index contributed by atoms with van der Waals surface area (Å²) in [6.07, 6.45) is 0. The number of nitrogens with zero attached hydrogens (tertiary/aromatic N) is 4. The zero-order chi connectivity index (χ0) is 15.8. The van der Waals surface area contributed by atoms with Gasteiger partial charge in [-0.2, -0.15) is 21.4 Å². The van der Waals surface area contributed by atoms with Crippen molar-refractivity contribution in [2.45, 2.75) is 13.5 Å². The number of rotatable bonds is 4. The van der Waals surface area contributed by atoms with Crippen molar-refractivity contribution in [3.05, 3.63) is 46.5 Å². The van der Waals surface area contributed by atoms with Crippen molar-refractivity contribution in [2.75, 3.05) is 5.32 Å². The van der Waals surface area contributed by atoms with E-state index in [-0.39, 0.29) is 0 Å². The molecular formula is C16H15N5OS. The van der Waals surface area contributed by atoms with Crippen LogP contribution in [-0.4, -0.2) is 19.9 Å². The van der Waals surface area contributed by atoms with Gasteiger partial charge in [0.25, 0.3) is 5.89 Å². The van der Waals surface area contributed by atoms with Gasteiger partial charge < -0.3 is 9.84 Å². The van der Waals surface area contributed by atoms with E-state index in [9.17, 15) is 0 Å². The van der Waals surface area contributed by atoms with Crippen molar-refractivity contribution in [2.24, 2.45) is 7.05 Å². The number of benzene rings is 1. The van der Waals surface area contributed by atoms with Gasteiger partial charge in [0.15, 0.2) is 5.82 Å². The molecule has 7 heteroatoms. The van der Waals surface area contributed by atoms with Crippen LogP contribution in [0.15, 0.2) is 39.5 Å². The number of hydrogen-bond acceptors (Lipinski definition) is 6. The Morgan fingerprint density at radius 3 is 3.04 bits per heavy atom. The van der Waals surface area contributed by atoms with Gasteiger partial charge in [0.2, 0.25) is 0 Å². The van der Waals surface area contributed by atoms with E-state index < -0.39 is 0 Å². The third kappa shape index (κ3) is 2.59. The molecular weight excluding hydrogens is 310 g/mol. The van der Waals surface area contributed by atoms with Gasteiger partial charge in [-0.05, 0) is 36.6 Å². The molecule has 3 heterocycles. The summed E-state index contributed by atoms with van der Waals surface area (Å²) < 4.78 is 7.17. The van der Waals surface area contributed by atoms with Crippen molar-refractivity contribution < 1.29 is 4.52 Å². The first kappa shape index (κ1) is 14.0. The predicted molar refractivity (Wildman–Crippen MR) is 90.4 cm³/mol. The minimum absolute atomic E-state index is 0.510. The van der Waals surface area contributed by atoms with E-state index in [4.69, 9.17) is 4.52 Å². The number of nitrogens with one attached hydrogen (secondary N) is 1. The smallest absolute Gasteiger partial charge is 0.258 e. The van der Waals surface area contributed by atoms with Gasteiger partial charge in [0, 0.05) is 23.5 Å². The lowest BCUT2D eigenvalue weighted by Crippen LogP contribution is -2.01. The summed E-state index contributed by atoms with van der Waals surface area (Å²) in [6, 6.07) is 8.16. The summed E-state index contributed by atoms with van der Waals surface area (Å²) in [5.41, 5.74) is 4.09. The fraction of sp³-hybridized carbons (Fsp3) is 0.188. The largest absolute Gasteiger partial charge is 0.378 e. The first-order chi connectivity index (χ1) is 11.2. The molecule has 4 aromatic rings. The van der Waals surface area contributed by atoms with Gasteiger partial charge in [-0.1, -0.05) is 5.16 Å². The Kier molecular flexibility index (Phi) is 3.34. The molecule has 1 N–H and O–H groups in total. The topological polar surface area (TPSA) is 68.8 Å². The Morgan fingerprint density at radius 1 is 1.30 bits per heavy atom. The SMILES string of the molecule is Cc1nn(C)c2cc(NCc3noc(-c4ccsc4)n3)ccc12. The van der Waals surface area contributed by atoms with Crippen LogP contribution in [0.1, 0.15) is 11.5 Å². The van der Waals surface area contributed by atoms with E-state index in [1.807, 2.05) is 41.5 Å². The Morgan fingerprint density at radius 2 is 2.22 bits per heavy atom.